The summed E-state index contributed by atoms with van der Waals surface area (Å²) in [6.45, 7) is 5.62. The van der Waals surface area contributed by atoms with Crippen molar-refractivity contribution in [3.05, 3.63) is 105 Å². The number of carboxylic acids is 2. The highest BCUT2D eigenvalue weighted by Gasteiger charge is 2.39. The van der Waals surface area contributed by atoms with E-state index < -0.39 is 30.2 Å². The van der Waals surface area contributed by atoms with Crippen molar-refractivity contribution in [3.63, 3.8) is 0 Å². The van der Waals surface area contributed by atoms with E-state index in [1.54, 1.807) is 24.4 Å². The molecule has 0 saturated carbocycles. The molecule has 2 aliphatic heterocycles. The number of pyridine rings is 1. The number of aromatic nitrogens is 1. The fourth-order valence-corrected chi connectivity index (χ4v) is 7.57. The first-order valence-corrected chi connectivity index (χ1v) is 19.0. The molecule has 3 heterocycles. The third kappa shape index (κ3) is 9.41. The molecule has 5 N–H and O–H groups in total. The number of carboxylic acid groups (broad SMARTS) is 2. The van der Waals surface area contributed by atoms with Gasteiger partial charge in [0, 0.05) is 68.0 Å². The molecule has 56 heavy (non-hydrogen) atoms. The Kier molecular flexibility index (Phi) is 13.1. The molecule has 0 aliphatic carbocycles. The van der Waals surface area contributed by atoms with E-state index >= 15 is 0 Å². The second-order valence-corrected chi connectivity index (χ2v) is 14.7. The summed E-state index contributed by atoms with van der Waals surface area (Å²) in [5, 5.41) is 50.9. The van der Waals surface area contributed by atoms with Crippen LogP contribution in [0.3, 0.4) is 0 Å². The van der Waals surface area contributed by atoms with Gasteiger partial charge in [0.1, 0.15) is 36.8 Å². The number of nitrogens with one attached hydrogen (secondary N) is 1. The molecule has 0 bridgehead atoms. The Bertz CT molecular complexity index is 2100. The number of nitriles is 1. The minimum absolute atomic E-state index is 0.0432. The van der Waals surface area contributed by atoms with E-state index in [0.717, 1.165) is 49.2 Å². The van der Waals surface area contributed by atoms with Gasteiger partial charge in [-0.2, -0.15) is 5.26 Å². The van der Waals surface area contributed by atoms with Crippen molar-refractivity contribution in [2.75, 3.05) is 44.2 Å². The fourth-order valence-electron chi connectivity index (χ4n) is 7.33. The lowest BCUT2D eigenvalue weighted by atomic mass is 9.91. The highest BCUT2D eigenvalue weighted by Crippen LogP contribution is 2.39. The molecule has 3 aromatic carbocycles. The lowest BCUT2D eigenvalue weighted by Gasteiger charge is -2.35. The second kappa shape index (κ2) is 18.1. The molecule has 1 fully saturated rings. The molecule has 1 aromatic heterocycles. The number of rotatable bonds is 17. The lowest BCUT2D eigenvalue weighted by Crippen LogP contribution is -2.49. The van der Waals surface area contributed by atoms with Gasteiger partial charge in [0.2, 0.25) is 0 Å². The molecule has 2 aliphatic rings. The topological polar surface area (TPSA) is 189 Å². The van der Waals surface area contributed by atoms with E-state index in [2.05, 4.69) is 57.4 Å². The van der Waals surface area contributed by atoms with Gasteiger partial charge in [-0.15, -0.1) is 0 Å². The molecule has 0 radical (unpaired) electrons. The van der Waals surface area contributed by atoms with Crippen molar-refractivity contribution in [2.24, 2.45) is 0 Å². The number of benzene rings is 3. The number of piperidine rings is 1. The zero-order valence-electron chi connectivity index (χ0n) is 31.2. The van der Waals surface area contributed by atoms with Crippen LogP contribution in [0, 0.1) is 18.3 Å². The largest absolute Gasteiger partial charge is 0.488 e. The van der Waals surface area contributed by atoms with Crippen LogP contribution < -0.4 is 19.7 Å². The Balaban J connectivity index is 1.14. The molecular weight excluding hydrogens is 738 g/mol. The zero-order chi connectivity index (χ0) is 39.8. The molecule has 1 atom stereocenters. The Labute approximate surface area is 330 Å². The minimum atomic E-state index is -1.61. The van der Waals surface area contributed by atoms with Gasteiger partial charge in [-0.3, -0.25) is 15.1 Å². The molecule has 1 saturated heterocycles. The van der Waals surface area contributed by atoms with E-state index in [1.807, 2.05) is 12.1 Å². The van der Waals surface area contributed by atoms with Crippen LogP contribution in [0.2, 0.25) is 5.02 Å². The minimum Gasteiger partial charge on any atom is -0.488 e. The van der Waals surface area contributed by atoms with Crippen molar-refractivity contribution >= 4 is 29.2 Å². The summed E-state index contributed by atoms with van der Waals surface area (Å²) in [7, 11) is 0. The van der Waals surface area contributed by atoms with Gasteiger partial charge in [-0.05, 0) is 85.2 Å². The molecule has 13 nitrogen and oxygen atoms in total. The highest BCUT2D eigenvalue weighted by molar-refractivity contribution is 6.32. The predicted octanol–water partition coefficient (Wildman–Crippen LogP) is 4.94. The third-order valence-corrected chi connectivity index (χ3v) is 11.0. The number of anilines is 1. The number of hydrogen-bond donors (Lipinski definition) is 5. The van der Waals surface area contributed by atoms with Crippen LogP contribution in [0.4, 0.5) is 5.69 Å². The van der Waals surface area contributed by atoms with Crippen molar-refractivity contribution < 1.29 is 39.5 Å². The lowest BCUT2D eigenvalue weighted by molar-refractivity contribution is -0.163. The van der Waals surface area contributed by atoms with Gasteiger partial charge in [-0.1, -0.05) is 41.9 Å². The van der Waals surface area contributed by atoms with Crippen LogP contribution in [-0.2, 0) is 35.8 Å². The van der Waals surface area contributed by atoms with Crippen LogP contribution in [0.25, 0.3) is 11.1 Å². The predicted molar refractivity (Wildman–Crippen MR) is 210 cm³/mol. The highest BCUT2D eigenvalue weighted by atomic mass is 35.5. The number of halogens is 1. The van der Waals surface area contributed by atoms with Crippen molar-refractivity contribution in [3.8, 4) is 28.7 Å². The number of carbonyl (C=O) groups is 2. The van der Waals surface area contributed by atoms with Gasteiger partial charge in [0.25, 0.3) is 0 Å². The summed E-state index contributed by atoms with van der Waals surface area (Å²) in [5.74, 6) is -1.57. The molecule has 4 aromatic rings. The van der Waals surface area contributed by atoms with Gasteiger partial charge in [-0.25, -0.2) is 4.79 Å². The Hall–Kier alpha value is -5.23. The number of nitrogens with zero attached hydrogens (tertiary/aromatic N) is 4. The van der Waals surface area contributed by atoms with E-state index in [9.17, 15) is 35.3 Å². The summed E-state index contributed by atoms with van der Waals surface area (Å²) >= 11 is 6.72. The monoisotopic (exact) mass is 783 g/mol. The molecule has 0 spiro atoms. The van der Waals surface area contributed by atoms with Gasteiger partial charge >= 0.3 is 11.9 Å². The van der Waals surface area contributed by atoms with E-state index in [0.29, 0.717) is 46.3 Å². The maximum Gasteiger partial charge on any atom is 0.335 e. The van der Waals surface area contributed by atoms with E-state index in [-0.39, 0.29) is 32.6 Å². The van der Waals surface area contributed by atoms with Crippen LogP contribution in [0.15, 0.2) is 67.0 Å². The Morgan fingerprint density at radius 1 is 0.982 bits per heavy atom. The molecular formula is C42H46ClN5O8. The van der Waals surface area contributed by atoms with Gasteiger partial charge < -0.3 is 39.7 Å². The number of likely N-dealkylation sites (tertiary alicyclic amines) is 1. The van der Waals surface area contributed by atoms with Gasteiger partial charge in [0.15, 0.2) is 5.60 Å². The number of hydrogen-bond acceptors (Lipinski definition) is 11. The maximum atomic E-state index is 11.5. The molecule has 1 unspecified atom stereocenters. The molecule has 0 amide bonds. The number of aliphatic hydroxyl groups excluding tert-OH is 1. The Morgan fingerprint density at radius 2 is 1.73 bits per heavy atom. The number of ether oxygens (including phenoxy) is 2. The average Bonchev–Trinajstić information content (AvgIpc) is 3.61. The standard InChI is InChI=1S/C42H46ClN5O8/c1-27-30(26-56-39-19-38(55-25-29-17-28(20-44)21-45-22-29)31(18-35(39)43)23-46-36(24-49)40(50)51)5-2-6-32(27)33-7-3-8-37-34(33)9-14-48(37)13-4-12-47-15-10-42(54,11-16-47)41(52)53/h2-3,5-8,17-19,21-22,36,46,49,54H,4,9-16,23-26H2,1H3,(H,50,51)(H,52,53). The van der Waals surface area contributed by atoms with E-state index in [4.69, 9.17) is 21.1 Å². The smallest absolute Gasteiger partial charge is 0.335 e. The van der Waals surface area contributed by atoms with Crippen LogP contribution >= 0.6 is 11.6 Å². The average molecular weight is 784 g/mol. The quantitative estimate of drug-likeness (QED) is 0.0970. The maximum absolute atomic E-state index is 11.5. The first-order chi connectivity index (χ1) is 27.0. The number of aliphatic carboxylic acids is 2. The fraction of sp³-hybridized carbons (Fsp3) is 0.381. The number of fused-ring (bicyclic) bond motifs is 1. The van der Waals surface area contributed by atoms with Gasteiger partial charge in [0.05, 0.1) is 17.2 Å². The van der Waals surface area contributed by atoms with Crippen LogP contribution in [0.1, 0.15) is 52.6 Å². The van der Waals surface area contributed by atoms with Crippen LogP contribution in [0.5, 0.6) is 11.5 Å². The van der Waals surface area contributed by atoms with Crippen LogP contribution in [-0.4, -0.2) is 93.2 Å². The molecule has 6 rings (SSSR count). The van der Waals surface area contributed by atoms with E-state index in [1.165, 1.54) is 23.0 Å². The normalized spacial score (nSPS) is 15.5. The first-order valence-electron chi connectivity index (χ1n) is 18.6. The summed E-state index contributed by atoms with van der Waals surface area (Å²) < 4.78 is 12.5. The summed E-state index contributed by atoms with van der Waals surface area (Å²) in [6, 6.07) is 18.4. The summed E-state index contributed by atoms with van der Waals surface area (Å²) in [6.07, 6.45) is 5.40. The van der Waals surface area contributed by atoms with Crippen molar-refractivity contribution in [1.82, 2.24) is 15.2 Å². The second-order valence-electron chi connectivity index (χ2n) is 14.3. The summed E-state index contributed by atoms with van der Waals surface area (Å²) in [5.41, 5.74) is 6.86. The zero-order valence-corrected chi connectivity index (χ0v) is 32.0. The molecule has 294 valence electrons. The Morgan fingerprint density at radius 3 is 2.46 bits per heavy atom. The third-order valence-electron chi connectivity index (χ3n) is 10.7. The summed E-state index contributed by atoms with van der Waals surface area (Å²) in [4.78, 5) is 31.7. The first kappa shape index (κ1) is 40.4. The SMILES string of the molecule is Cc1c(COc2cc(OCc3cncc(C#N)c3)c(CNC(CO)C(=O)O)cc2Cl)cccc1-c1cccc2c1CCN2CCCN1CCC(O)(C(=O)O)CC1. The van der Waals surface area contributed by atoms with Crippen molar-refractivity contribution in [1.29, 1.82) is 5.26 Å². The number of aliphatic hydroxyl groups is 2. The molecule has 14 heteroatoms. The van der Waals surface area contributed by atoms with Crippen molar-refractivity contribution in [2.45, 2.75) is 64.0 Å².